The molecule has 1 rings (SSSR count). The molecule has 0 unspecified atom stereocenters. The van der Waals surface area contributed by atoms with Gasteiger partial charge >= 0.3 is 11.9 Å². The summed E-state index contributed by atoms with van der Waals surface area (Å²) < 4.78 is 0. The van der Waals surface area contributed by atoms with Crippen LogP contribution in [0.3, 0.4) is 0 Å². The smallest absolute Gasteiger partial charge is 0.355 e. The quantitative estimate of drug-likeness (QED) is 0.671. The summed E-state index contributed by atoms with van der Waals surface area (Å²) in [6.45, 7) is 0. The van der Waals surface area contributed by atoms with E-state index in [0.717, 1.165) is 6.07 Å². The normalized spacial score (nSPS) is 9.79. The number of hydrogen-bond acceptors (Lipinski definition) is 4. The zero-order valence-electron chi connectivity index (χ0n) is 6.69. The van der Waals surface area contributed by atoms with E-state index < -0.39 is 23.2 Å². The molecule has 0 atom stereocenters. The van der Waals surface area contributed by atoms with Crippen LogP contribution in [0.15, 0.2) is 6.07 Å². The van der Waals surface area contributed by atoms with E-state index in [1.54, 1.807) is 0 Å². The number of carboxylic acids is 2. The third-order valence-electron chi connectivity index (χ3n) is 1.41. The molecule has 1 aromatic rings. The molecule has 0 aliphatic rings. The average molecular weight is 217 g/mol. The second-order valence-electron chi connectivity index (χ2n) is 2.36. The zero-order chi connectivity index (χ0) is 10.9. The van der Waals surface area contributed by atoms with E-state index in [1.807, 2.05) is 0 Å². The summed E-state index contributed by atoms with van der Waals surface area (Å²) in [6, 6.07) is 1.08. The second-order valence-corrected chi connectivity index (χ2v) is 2.77. The Hall–Kier alpha value is -1.82. The first kappa shape index (κ1) is 10.3. The summed E-state index contributed by atoms with van der Waals surface area (Å²) in [5.74, 6) is -3.09. The van der Waals surface area contributed by atoms with Gasteiger partial charge in [0.05, 0.1) is 5.02 Å². The van der Waals surface area contributed by atoms with Gasteiger partial charge in [-0.05, 0) is 6.07 Å². The molecule has 74 valence electrons. The lowest BCUT2D eigenvalue weighted by molar-refractivity contribution is 0.0646. The van der Waals surface area contributed by atoms with E-state index in [0.29, 0.717) is 0 Å². The lowest BCUT2D eigenvalue weighted by Crippen LogP contribution is -2.12. The van der Waals surface area contributed by atoms with E-state index >= 15 is 0 Å². The van der Waals surface area contributed by atoms with Gasteiger partial charge in [-0.3, -0.25) is 0 Å². The summed E-state index contributed by atoms with van der Waals surface area (Å²) in [4.78, 5) is 24.6. The first-order valence-corrected chi connectivity index (χ1v) is 3.74. The van der Waals surface area contributed by atoms with Crippen LogP contribution in [0.4, 0.5) is 5.82 Å². The summed E-state index contributed by atoms with van der Waals surface area (Å²) in [5, 5.41) is 17.0. The van der Waals surface area contributed by atoms with Crippen LogP contribution in [0.1, 0.15) is 20.8 Å². The van der Waals surface area contributed by atoms with Crippen molar-refractivity contribution in [3.05, 3.63) is 22.3 Å². The zero-order valence-corrected chi connectivity index (χ0v) is 7.45. The minimum atomic E-state index is -1.49. The van der Waals surface area contributed by atoms with Crippen molar-refractivity contribution in [2.24, 2.45) is 0 Å². The maximum atomic E-state index is 10.6. The Labute approximate surface area is 82.9 Å². The van der Waals surface area contributed by atoms with Gasteiger partial charge < -0.3 is 15.9 Å². The molecule has 4 N–H and O–H groups in total. The van der Waals surface area contributed by atoms with E-state index in [9.17, 15) is 9.59 Å². The Kier molecular flexibility index (Phi) is 2.57. The van der Waals surface area contributed by atoms with Gasteiger partial charge in [0.1, 0.15) is 11.4 Å². The maximum Gasteiger partial charge on any atom is 0.355 e. The summed E-state index contributed by atoms with van der Waals surface area (Å²) in [6.07, 6.45) is 0. The van der Waals surface area contributed by atoms with Crippen LogP contribution >= 0.6 is 11.6 Å². The Bertz CT molecular complexity index is 418. The number of halogens is 1. The Morgan fingerprint density at radius 2 is 1.93 bits per heavy atom. The standard InChI is InChI=1S/C7H5ClN2O4/c8-2-1-3(9)10-5(7(13)14)4(2)6(11)12/h1H,(H2,9,10)(H,11,12)(H,13,14). The molecular formula is C7H5ClN2O4. The number of aromatic carboxylic acids is 2. The molecule has 1 heterocycles. The van der Waals surface area contributed by atoms with Gasteiger partial charge in [-0.15, -0.1) is 0 Å². The fourth-order valence-corrected chi connectivity index (χ4v) is 1.17. The fourth-order valence-electron chi connectivity index (χ4n) is 0.891. The number of carboxylic acid groups (broad SMARTS) is 2. The van der Waals surface area contributed by atoms with E-state index in [2.05, 4.69) is 4.98 Å². The van der Waals surface area contributed by atoms with Crippen LogP contribution in [0, 0.1) is 0 Å². The first-order valence-electron chi connectivity index (χ1n) is 3.36. The van der Waals surface area contributed by atoms with Crippen LogP contribution in [0.25, 0.3) is 0 Å². The lowest BCUT2D eigenvalue weighted by atomic mass is 10.2. The fraction of sp³-hybridized carbons (Fsp3) is 0. The predicted octanol–water partition coefficient (Wildman–Crippen LogP) is 0.714. The number of aromatic nitrogens is 1. The van der Waals surface area contributed by atoms with Crippen molar-refractivity contribution in [3.8, 4) is 0 Å². The van der Waals surface area contributed by atoms with Gasteiger partial charge in [-0.25, -0.2) is 14.6 Å². The van der Waals surface area contributed by atoms with Crippen molar-refractivity contribution in [1.29, 1.82) is 0 Å². The van der Waals surface area contributed by atoms with Crippen LogP contribution < -0.4 is 5.73 Å². The largest absolute Gasteiger partial charge is 0.478 e. The molecule has 0 spiro atoms. The van der Waals surface area contributed by atoms with Crippen molar-refractivity contribution < 1.29 is 19.8 Å². The molecule has 0 saturated carbocycles. The second kappa shape index (κ2) is 3.51. The molecule has 0 amide bonds. The molecular weight excluding hydrogens is 212 g/mol. The van der Waals surface area contributed by atoms with E-state index in [-0.39, 0.29) is 10.8 Å². The van der Waals surface area contributed by atoms with Gasteiger partial charge in [0.25, 0.3) is 0 Å². The van der Waals surface area contributed by atoms with Gasteiger partial charge in [-0.1, -0.05) is 11.6 Å². The van der Waals surface area contributed by atoms with E-state index in [4.69, 9.17) is 27.5 Å². The molecule has 1 aromatic heterocycles. The van der Waals surface area contributed by atoms with Gasteiger partial charge in [0.2, 0.25) is 0 Å². The average Bonchev–Trinajstić information content (AvgIpc) is 2.01. The molecule has 6 nitrogen and oxygen atoms in total. The first-order chi connectivity index (χ1) is 6.43. The van der Waals surface area contributed by atoms with Gasteiger partial charge in [0.15, 0.2) is 5.69 Å². The highest BCUT2D eigenvalue weighted by Crippen LogP contribution is 2.21. The lowest BCUT2D eigenvalue weighted by Gasteiger charge is -2.03. The molecule has 0 aliphatic carbocycles. The summed E-state index contributed by atoms with van der Waals surface area (Å²) in [7, 11) is 0. The summed E-state index contributed by atoms with van der Waals surface area (Å²) >= 11 is 5.51. The monoisotopic (exact) mass is 216 g/mol. The number of nitrogens with two attached hydrogens (primary N) is 1. The number of pyridine rings is 1. The molecule has 14 heavy (non-hydrogen) atoms. The highest BCUT2D eigenvalue weighted by atomic mass is 35.5. The number of nitrogen functional groups attached to an aromatic ring is 1. The topological polar surface area (TPSA) is 114 Å². The van der Waals surface area contributed by atoms with Crippen molar-refractivity contribution in [2.75, 3.05) is 5.73 Å². The molecule has 0 radical (unpaired) electrons. The Morgan fingerprint density at radius 1 is 1.36 bits per heavy atom. The van der Waals surface area contributed by atoms with Crippen molar-refractivity contribution in [1.82, 2.24) is 4.98 Å². The van der Waals surface area contributed by atoms with Crippen LogP contribution in [-0.4, -0.2) is 27.1 Å². The maximum absolute atomic E-state index is 10.6. The Balaban J connectivity index is 3.52. The molecule has 0 saturated heterocycles. The van der Waals surface area contributed by atoms with Crippen LogP contribution in [0.5, 0.6) is 0 Å². The third-order valence-corrected chi connectivity index (χ3v) is 1.71. The SMILES string of the molecule is Nc1cc(Cl)c(C(=O)O)c(C(=O)O)n1. The van der Waals surface area contributed by atoms with Crippen LogP contribution in [-0.2, 0) is 0 Å². The highest BCUT2D eigenvalue weighted by molar-refractivity contribution is 6.34. The number of rotatable bonds is 2. The minimum Gasteiger partial charge on any atom is -0.478 e. The minimum absolute atomic E-state index is 0.141. The number of anilines is 1. The number of carbonyl (C=O) groups is 2. The molecule has 0 aromatic carbocycles. The predicted molar refractivity (Wildman–Crippen MR) is 47.6 cm³/mol. The third kappa shape index (κ3) is 1.74. The Morgan fingerprint density at radius 3 is 2.36 bits per heavy atom. The van der Waals surface area contributed by atoms with Crippen molar-refractivity contribution in [3.63, 3.8) is 0 Å². The van der Waals surface area contributed by atoms with Gasteiger partial charge in [0, 0.05) is 0 Å². The summed E-state index contributed by atoms with van der Waals surface area (Å²) in [5.41, 5.74) is 3.99. The number of nitrogens with zero attached hydrogens (tertiary/aromatic N) is 1. The van der Waals surface area contributed by atoms with E-state index in [1.165, 1.54) is 0 Å². The van der Waals surface area contributed by atoms with Crippen molar-refractivity contribution >= 4 is 29.4 Å². The molecule has 0 fully saturated rings. The molecule has 0 bridgehead atoms. The van der Waals surface area contributed by atoms with Crippen LogP contribution in [0.2, 0.25) is 5.02 Å². The van der Waals surface area contributed by atoms with Crippen molar-refractivity contribution in [2.45, 2.75) is 0 Å². The highest BCUT2D eigenvalue weighted by Gasteiger charge is 2.21. The number of hydrogen-bond donors (Lipinski definition) is 3. The molecule has 7 heteroatoms. The molecule has 0 aliphatic heterocycles. The van der Waals surface area contributed by atoms with Gasteiger partial charge in [-0.2, -0.15) is 0 Å².